The van der Waals surface area contributed by atoms with Gasteiger partial charge in [0.15, 0.2) is 0 Å². The van der Waals surface area contributed by atoms with Gasteiger partial charge in [-0.05, 0) is 36.4 Å². The highest BCUT2D eigenvalue weighted by atomic mass is 79.9. The van der Waals surface area contributed by atoms with Gasteiger partial charge in [-0.2, -0.15) is 5.26 Å². The molecule has 0 aliphatic heterocycles. The molecule has 0 fully saturated rings. The molecule has 1 heterocycles. The van der Waals surface area contributed by atoms with Gasteiger partial charge in [0.25, 0.3) is 0 Å². The molecule has 0 aliphatic carbocycles. The topological polar surface area (TPSA) is 67.6 Å². The molecule has 0 bridgehead atoms. The van der Waals surface area contributed by atoms with E-state index in [2.05, 4.69) is 20.9 Å². The molecule has 98 valence electrons. The van der Waals surface area contributed by atoms with Gasteiger partial charge in [-0.3, -0.25) is 4.57 Å². The fraction of sp³-hybridized carbons (Fsp3) is 0. The van der Waals surface area contributed by atoms with Gasteiger partial charge in [0.2, 0.25) is 5.95 Å². The van der Waals surface area contributed by atoms with E-state index in [9.17, 15) is 4.39 Å². The summed E-state index contributed by atoms with van der Waals surface area (Å²) < 4.78 is 16.3. The van der Waals surface area contributed by atoms with Crippen LogP contribution >= 0.6 is 15.9 Å². The second-order valence-electron chi connectivity index (χ2n) is 4.22. The number of anilines is 1. The van der Waals surface area contributed by atoms with Crippen molar-refractivity contribution in [2.75, 3.05) is 5.73 Å². The van der Waals surface area contributed by atoms with Gasteiger partial charge in [0, 0.05) is 4.47 Å². The predicted octanol–water partition coefficient (Wildman–Crippen LogP) is 3.38. The summed E-state index contributed by atoms with van der Waals surface area (Å²) >= 11 is 3.31. The molecule has 2 N–H and O–H groups in total. The summed E-state index contributed by atoms with van der Waals surface area (Å²) in [5, 5.41) is 8.97. The van der Waals surface area contributed by atoms with Crippen LogP contribution in [0.4, 0.5) is 10.3 Å². The molecule has 0 saturated carbocycles. The van der Waals surface area contributed by atoms with E-state index in [4.69, 9.17) is 11.0 Å². The minimum Gasteiger partial charge on any atom is -0.369 e. The summed E-state index contributed by atoms with van der Waals surface area (Å²) in [6.45, 7) is 0. The highest BCUT2D eigenvalue weighted by Gasteiger charge is 2.14. The lowest BCUT2D eigenvalue weighted by atomic mass is 10.2. The minimum absolute atomic E-state index is 0.173. The molecule has 0 aliphatic rings. The van der Waals surface area contributed by atoms with Crippen LogP contribution < -0.4 is 5.73 Å². The molecule has 20 heavy (non-hydrogen) atoms. The average Bonchev–Trinajstić information content (AvgIpc) is 2.76. The number of hydrogen-bond donors (Lipinski definition) is 1. The largest absolute Gasteiger partial charge is 0.369 e. The van der Waals surface area contributed by atoms with Crippen molar-refractivity contribution in [1.29, 1.82) is 5.26 Å². The molecule has 3 aromatic rings. The lowest BCUT2D eigenvalue weighted by molar-refractivity contribution is 0.619. The predicted molar refractivity (Wildman–Crippen MR) is 77.9 cm³/mol. The second-order valence-corrected chi connectivity index (χ2v) is 5.13. The highest BCUT2D eigenvalue weighted by molar-refractivity contribution is 9.10. The standard InChI is InChI=1S/C14H8BrFN4/c15-9-2-3-10(16)12(6-9)20-13-5-8(7-17)1-4-11(13)19-14(20)18/h1-6H,(H2,18,19). The highest BCUT2D eigenvalue weighted by Crippen LogP contribution is 2.27. The Kier molecular flexibility index (Phi) is 2.92. The summed E-state index contributed by atoms with van der Waals surface area (Å²) in [4.78, 5) is 4.19. The van der Waals surface area contributed by atoms with Crippen molar-refractivity contribution in [3.63, 3.8) is 0 Å². The van der Waals surface area contributed by atoms with E-state index in [0.717, 1.165) is 4.47 Å². The van der Waals surface area contributed by atoms with E-state index in [0.29, 0.717) is 16.6 Å². The van der Waals surface area contributed by atoms with Crippen LogP contribution in [0, 0.1) is 17.1 Å². The fourth-order valence-electron chi connectivity index (χ4n) is 2.07. The number of nitrogens with two attached hydrogens (primary N) is 1. The van der Waals surface area contributed by atoms with E-state index in [-0.39, 0.29) is 11.6 Å². The van der Waals surface area contributed by atoms with Gasteiger partial charge in [-0.1, -0.05) is 15.9 Å². The van der Waals surface area contributed by atoms with Crippen LogP contribution in [-0.4, -0.2) is 9.55 Å². The molecule has 0 unspecified atom stereocenters. The summed E-state index contributed by atoms with van der Waals surface area (Å²) in [6, 6.07) is 11.6. The summed E-state index contributed by atoms with van der Waals surface area (Å²) in [5.74, 6) is -0.242. The second kappa shape index (κ2) is 4.62. The van der Waals surface area contributed by atoms with Crippen molar-refractivity contribution in [3.8, 4) is 11.8 Å². The minimum atomic E-state index is -0.415. The number of fused-ring (bicyclic) bond motifs is 1. The van der Waals surface area contributed by atoms with Crippen LogP contribution in [0.15, 0.2) is 40.9 Å². The Balaban J connectivity index is 2.38. The number of benzene rings is 2. The van der Waals surface area contributed by atoms with Crippen LogP contribution in [0.25, 0.3) is 16.7 Å². The van der Waals surface area contributed by atoms with E-state index in [1.54, 1.807) is 30.3 Å². The zero-order valence-electron chi connectivity index (χ0n) is 10.1. The molecule has 0 atom stereocenters. The maximum atomic E-state index is 14.0. The number of nitrogen functional groups attached to an aromatic ring is 1. The van der Waals surface area contributed by atoms with Crippen molar-refractivity contribution in [1.82, 2.24) is 9.55 Å². The molecular formula is C14H8BrFN4. The monoisotopic (exact) mass is 330 g/mol. The van der Waals surface area contributed by atoms with Crippen LogP contribution in [0.5, 0.6) is 0 Å². The first kappa shape index (κ1) is 12.6. The van der Waals surface area contributed by atoms with E-state index in [1.807, 2.05) is 6.07 Å². The van der Waals surface area contributed by atoms with Gasteiger partial charge in [0.05, 0.1) is 28.4 Å². The number of imidazole rings is 1. The van der Waals surface area contributed by atoms with Crippen molar-refractivity contribution < 1.29 is 4.39 Å². The summed E-state index contributed by atoms with van der Waals surface area (Å²) in [6.07, 6.45) is 0. The molecule has 2 aromatic carbocycles. The maximum Gasteiger partial charge on any atom is 0.206 e. The molecule has 0 radical (unpaired) electrons. The molecule has 3 rings (SSSR count). The Hall–Kier alpha value is -2.39. The average molecular weight is 331 g/mol. The third-order valence-electron chi connectivity index (χ3n) is 2.96. The molecule has 6 heteroatoms. The first-order chi connectivity index (χ1) is 9.60. The van der Waals surface area contributed by atoms with Gasteiger partial charge in [-0.15, -0.1) is 0 Å². The van der Waals surface area contributed by atoms with Crippen LogP contribution in [0.1, 0.15) is 5.56 Å². The lowest BCUT2D eigenvalue weighted by Crippen LogP contribution is -2.03. The number of nitrogens with zero attached hydrogens (tertiary/aromatic N) is 3. The smallest absolute Gasteiger partial charge is 0.206 e. The lowest BCUT2D eigenvalue weighted by Gasteiger charge is -2.08. The van der Waals surface area contributed by atoms with Crippen molar-refractivity contribution >= 4 is 32.9 Å². The number of aromatic nitrogens is 2. The van der Waals surface area contributed by atoms with Crippen LogP contribution in [-0.2, 0) is 0 Å². The zero-order chi connectivity index (χ0) is 14.3. The molecule has 0 spiro atoms. The molecule has 0 amide bonds. The molecule has 4 nitrogen and oxygen atoms in total. The van der Waals surface area contributed by atoms with Gasteiger partial charge >= 0.3 is 0 Å². The quantitative estimate of drug-likeness (QED) is 0.743. The first-order valence-corrected chi connectivity index (χ1v) is 6.53. The summed E-state index contributed by atoms with van der Waals surface area (Å²) in [5.41, 5.74) is 7.84. The maximum absolute atomic E-state index is 14.0. The Morgan fingerprint density at radius 3 is 2.80 bits per heavy atom. The van der Waals surface area contributed by atoms with E-state index < -0.39 is 5.82 Å². The van der Waals surface area contributed by atoms with Crippen LogP contribution in [0.2, 0.25) is 0 Å². The molecule has 0 saturated heterocycles. The Morgan fingerprint density at radius 2 is 2.05 bits per heavy atom. The Labute approximate surface area is 122 Å². The number of halogens is 2. The summed E-state index contributed by atoms with van der Waals surface area (Å²) in [7, 11) is 0. The zero-order valence-corrected chi connectivity index (χ0v) is 11.7. The van der Waals surface area contributed by atoms with Crippen molar-refractivity contribution in [3.05, 3.63) is 52.3 Å². The van der Waals surface area contributed by atoms with E-state index in [1.165, 1.54) is 10.6 Å². The third kappa shape index (κ3) is 1.92. The first-order valence-electron chi connectivity index (χ1n) is 5.73. The van der Waals surface area contributed by atoms with Gasteiger partial charge in [-0.25, -0.2) is 9.37 Å². The SMILES string of the molecule is N#Cc1ccc2nc(N)n(-c3cc(Br)ccc3F)c2c1. The number of rotatable bonds is 1. The Morgan fingerprint density at radius 1 is 1.25 bits per heavy atom. The van der Waals surface area contributed by atoms with Crippen molar-refractivity contribution in [2.45, 2.75) is 0 Å². The fourth-order valence-corrected chi connectivity index (χ4v) is 2.42. The van der Waals surface area contributed by atoms with Gasteiger partial charge < -0.3 is 5.73 Å². The molecule has 1 aromatic heterocycles. The third-order valence-corrected chi connectivity index (χ3v) is 3.45. The number of hydrogen-bond acceptors (Lipinski definition) is 3. The number of nitriles is 1. The van der Waals surface area contributed by atoms with Crippen LogP contribution in [0.3, 0.4) is 0 Å². The Bertz CT molecular complexity index is 863. The van der Waals surface area contributed by atoms with Gasteiger partial charge in [0.1, 0.15) is 5.82 Å². The van der Waals surface area contributed by atoms with Crippen molar-refractivity contribution in [2.24, 2.45) is 0 Å². The molecular weight excluding hydrogens is 323 g/mol. The normalized spacial score (nSPS) is 10.7. The van der Waals surface area contributed by atoms with E-state index >= 15 is 0 Å².